The van der Waals surface area contributed by atoms with E-state index in [1.54, 1.807) is 7.11 Å². The van der Waals surface area contributed by atoms with Crippen LogP contribution in [0.2, 0.25) is 0 Å². The minimum absolute atomic E-state index is 0.153. The maximum absolute atomic E-state index is 13.2. The minimum atomic E-state index is -1.84. The molecule has 0 aromatic heterocycles. The average molecular weight is 458 g/mol. The molecule has 8 heteroatoms. The Morgan fingerprint density at radius 1 is 1.33 bits per heavy atom. The van der Waals surface area contributed by atoms with E-state index in [0.29, 0.717) is 24.2 Å². The number of carbonyl (C=O) groups is 2. The van der Waals surface area contributed by atoms with Crippen LogP contribution < -0.4 is 9.47 Å². The van der Waals surface area contributed by atoms with E-state index in [-0.39, 0.29) is 31.1 Å². The van der Waals surface area contributed by atoms with Crippen LogP contribution >= 0.6 is 0 Å². The SMILES string of the molecule is CCC[C@@](O)(CC=O)C(=O)O[C@@H]1C(OC)=C[C@]23CCCN2CCc2cc4c(cc2[C@H]13)OCO4. The molecule has 4 atom stereocenters. The van der Waals surface area contributed by atoms with Crippen LogP contribution in [0.25, 0.3) is 0 Å². The van der Waals surface area contributed by atoms with E-state index in [2.05, 4.69) is 11.0 Å². The van der Waals surface area contributed by atoms with Gasteiger partial charge in [-0.1, -0.05) is 13.3 Å². The highest BCUT2D eigenvalue weighted by atomic mass is 16.7. The van der Waals surface area contributed by atoms with Crippen molar-refractivity contribution in [2.24, 2.45) is 0 Å². The zero-order valence-corrected chi connectivity index (χ0v) is 19.2. The third-order valence-electron chi connectivity index (χ3n) is 7.66. The zero-order valence-electron chi connectivity index (χ0n) is 19.2. The van der Waals surface area contributed by atoms with Gasteiger partial charge in [-0.05, 0) is 61.6 Å². The molecule has 33 heavy (non-hydrogen) atoms. The summed E-state index contributed by atoms with van der Waals surface area (Å²) < 4.78 is 23.1. The van der Waals surface area contributed by atoms with Gasteiger partial charge in [-0.2, -0.15) is 0 Å². The summed E-state index contributed by atoms with van der Waals surface area (Å²) in [6.45, 7) is 3.88. The second-order valence-electron chi connectivity index (χ2n) is 9.44. The molecule has 4 aliphatic rings. The van der Waals surface area contributed by atoms with Gasteiger partial charge in [-0.3, -0.25) is 4.90 Å². The number of aldehydes is 1. The molecule has 3 heterocycles. The number of esters is 1. The summed E-state index contributed by atoms with van der Waals surface area (Å²) >= 11 is 0. The second-order valence-corrected chi connectivity index (χ2v) is 9.44. The highest BCUT2D eigenvalue weighted by Gasteiger charge is 2.58. The van der Waals surface area contributed by atoms with E-state index in [1.165, 1.54) is 0 Å². The van der Waals surface area contributed by atoms with Crippen molar-refractivity contribution in [3.8, 4) is 11.5 Å². The molecule has 0 saturated carbocycles. The van der Waals surface area contributed by atoms with Crippen molar-refractivity contribution < 1.29 is 33.6 Å². The van der Waals surface area contributed by atoms with Gasteiger partial charge in [0.2, 0.25) is 6.79 Å². The number of aliphatic hydroxyl groups is 1. The Kier molecular flexibility index (Phi) is 5.61. The lowest BCUT2D eigenvalue weighted by atomic mass is 9.77. The molecule has 1 aromatic carbocycles. The van der Waals surface area contributed by atoms with Gasteiger partial charge in [-0.25, -0.2) is 4.79 Å². The van der Waals surface area contributed by atoms with Crippen molar-refractivity contribution in [2.75, 3.05) is 27.0 Å². The molecule has 0 amide bonds. The van der Waals surface area contributed by atoms with Gasteiger partial charge >= 0.3 is 5.97 Å². The molecule has 5 rings (SSSR count). The molecular weight excluding hydrogens is 426 g/mol. The summed E-state index contributed by atoms with van der Waals surface area (Å²) in [6, 6.07) is 4.06. The molecule has 0 unspecified atom stereocenters. The predicted octanol–water partition coefficient (Wildman–Crippen LogP) is 2.47. The molecule has 3 aliphatic heterocycles. The summed E-state index contributed by atoms with van der Waals surface area (Å²) in [5.74, 6) is 1.01. The van der Waals surface area contributed by atoms with Crippen molar-refractivity contribution >= 4 is 12.3 Å². The molecule has 0 radical (unpaired) electrons. The molecule has 178 valence electrons. The third-order valence-corrected chi connectivity index (χ3v) is 7.66. The fraction of sp³-hybridized carbons (Fsp3) is 0.600. The van der Waals surface area contributed by atoms with E-state index in [0.717, 1.165) is 49.2 Å². The Balaban J connectivity index is 1.58. The lowest BCUT2D eigenvalue weighted by Gasteiger charge is -2.39. The molecule has 1 saturated heterocycles. The maximum atomic E-state index is 13.2. The minimum Gasteiger partial charge on any atom is -0.497 e. The molecule has 1 aromatic rings. The number of fused-ring (bicyclic) bond motifs is 3. The summed E-state index contributed by atoms with van der Waals surface area (Å²) in [7, 11) is 1.58. The Hall–Kier alpha value is -2.58. The van der Waals surface area contributed by atoms with Gasteiger partial charge in [0.1, 0.15) is 12.0 Å². The number of benzene rings is 1. The Bertz CT molecular complexity index is 991. The van der Waals surface area contributed by atoms with E-state index in [4.69, 9.17) is 18.9 Å². The van der Waals surface area contributed by atoms with Crippen LogP contribution in [-0.4, -0.2) is 66.5 Å². The van der Waals surface area contributed by atoms with E-state index >= 15 is 0 Å². The van der Waals surface area contributed by atoms with Crippen LogP contribution in [0.3, 0.4) is 0 Å². The Morgan fingerprint density at radius 2 is 2.12 bits per heavy atom. The number of ether oxygens (including phenoxy) is 4. The van der Waals surface area contributed by atoms with Gasteiger partial charge in [0.05, 0.1) is 18.6 Å². The van der Waals surface area contributed by atoms with Crippen molar-refractivity contribution in [3.05, 3.63) is 35.1 Å². The first-order valence-electron chi connectivity index (χ1n) is 11.8. The monoisotopic (exact) mass is 457 g/mol. The van der Waals surface area contributed by atoms with E-state index < -0.39 is 17.7 Å². The standard InChI is InChI=1S/C25H31NO7/c1-3-6-25(29,8-11-27)23(28)33-22-20(30-2)14-24-7-4-9-26(24)10-5-16-12-18-19(32-15-31-18)13-17(16)21(22)24/h11-14,21-22,29H,3-10,15H2,1-2H3/t21-,22-,24+,25-/m1/s1. The van der Waals surface area contributed by atoms with Crippen LogP contribution in [-0.2, 0) is 25.5 Å². The van der Waals surface area contributed by atoms with Crippen molar-refractivity contribution in [1.29, 1.82) is 0 Å². The Labute approximate surface area is 193 Å². The third kappa shape index (κ3) is 3.42. The first kappa shape index (κ1) is 22.2. The maximum Gasteiger partial charge on any atom is 0.339 e. The topological polar surface area (TPSA) is 94.5 Å². The number of carbonyl (C=O) groups excluding carboxylic acids is 2. The predicted molar refractivity (Wildman–Crippen MR) is 118 cm³/mol. The lowest BCUT2D eigenvalue weighted by Crippen LogP contribution is -2.49. The number of rotatable bonds is 7. The van der Waals surface area contributed by atoms with Gasteiger partial charge in [0.25, 0.3) is 0 Å². The normalized spacial score (nSPS) is 29.2. The molecule has 8 nitrogen and oxygen atoms in total. The fourth-order valence-electron chi connectivity index (χ4n) is 6.16. The highest BCUT2D eigenvalue weighted by Crippen LogP contribution is 2.55. The number of hydrogen-bond donors (Lipinski definition) is 1. The molecular formula is C25H31NO7. The van der Waals surface area contributed by atoms with Crippen LogP contribution in [0, 0.1) is 0 Å². The van der Waals surface area contributed by atoms with Crippen LogP contribution in [0.15, 0.2) is 24.0 Å². The molecule has 1 N–H and O–H groups in total. The summed E-state index contributed by atoms with van der Waals surface area (Å²) in [5.41, 5.74) is 0.00629. The second kappa shape index (κ2) is 8.33. The summed E-state index contributed by atoms with van der Waals surface area (Å²) in [5, 5.41) is 10.9. The summed E-state index contributed by atoms with van der Waals surface area (Å²) in [4.78, 5) is 26.9. The van der Waals surface area contributed by atoms with Crippen molar-refractivity contribution in [2.45, 2.75) is 68.6 Å². The molecule has 1 spiro atoms. The van der Waals surface area contributed by atoms with Crippen molar-refractivity contribution in [1.82, 2.24) is 4.90 Å². The largest absolute Gasteiger partial charge is 0.497 e. The number of methoxy groups -OCH3 is 1. The smallest absolute Gasteiger partial charge is 0.339 e. The average Bonchev–Trinajstić information content (AvgIpc) is 3.48. The number of nitrogens with zero attached hydrogens (tertiary/aromatic N) is 1. The number of hydrogen-bond acceptors (Lipinski definition) is 8. The molecule has 1 fully saturated rings. The van der Waals surface area contributed by atoms with Gasteiger partial charge < -0.3 is 28.8 Å². The zero-order chi connectivity index (χ0) is 23.2. The quantitative estimate of drug-likeness (QED) is 0.493. The first-order chi connectivity index (χ1) is 16.0. The lowest BCUT2D eigenvalue weighted by molar-refractivity contribution is -0.174. The molecule has 1 aliphatic carbocycles. The van der Waals surface area contributed by atoms with Gasteiger partial charge in [0, 0.05) is 13.0 Å². The van der Waals surface area contributed by atoms with Gasteiger partial charge in [-0.15, -0.1) is 0 Å². The Morgan fingerprint density at radius 3 is 2.85 bits per heavy atom. The fourth-order valence-corrected chi connectivity index (χ4v) is 6.16. The van der Waals surface area contributed by atoms with Crippen molar-refractivity contribution in [3.63, 3.8) is 0 Å². The first-order valence-corrected chi connectivity index (χ1v) is 11.8. The van der Waals surface area contributed by atoms with Gasteiger partial charge in [0.15, 0.2) is 23.2 Å². The summed E-state index contributed by atoms with van der Waals surface area (Å²) in [6.07, 6.45) is 5.18. The highest BCUT2D eigenvalue weighted by molar-refractivity contribution is 5.83. The van der Waals surface area contributed by atoms with Crippen LogP contribution in [0.1, 0.15) is 56.1 Å². The van der Waals surface area contributed by atoms with E-state index in [1.807, 2.05) is 19.1 Å². The van der Waals surface area contributed by atoms with Crippen LogP contribution in [0.5, 0.6) is 11.5 Å². The van der Waals surface area contributed by atoms with Crippen LogP contribution in [0.4, 0.5) is 0 Å². The van der Waals surface area contributed by atoms with E-state index in [9.17, 15) is 14.7 Å². The molecule has 0 bridgehead atoms.